The van der Waals surface area contributed by atoms with Gasteiger partial charge >= 0.3 is 6.18 Å². The van der Waals surface area contributed by atoms with Crippen molar-refractivity contribution in [3.63, 3.8) is 0 Å². The third-order valence-corrected chi connectivity index (χ3v) is 9.60. The van der Waals surface area contributed by atoms with Crippen LogP contribution in [0.3, 0.4) is 0 Å². The molecule has 7 nitrogen and oxygen atoms in total. The van der Waals surface area contributed by atoms with Crippen molar-refractivity contribution in [1.82, 2.24) is 15.1 Å². The topological polar surface area (TPSA) is 63.3 Å². The van der Waals surface area contributed by atoms with Gasteiger partial charge in [0.15, 0.2) is 11.5 Å². The van der Waals surface area contributed by atoms with Crippen molar-refractivity contribution in [2.75, 3.05) is 52.6 Å². The van der Waals surface area contributed by atoms with E-state index in [1.54, 1.807) is 12.1 Å². The smallest absolute Gasteiger partial charge is 0.416 e. The summed E-state index contributed by atoms with van der Waals surface area (Å²) in [5.74, 6) is 0.430. The number of ether oxygens (including phenoxy) is 3. The number of rotatable bonds is 7. The molecule has 0 unspecified atom stereocenters. The van der Waals surface area contributed by atoms with E-state index in [4.69, 9.17) is 14.2 Å². The fourth-order valence-corrected chi connectivity index (χ4v) is 7.01. The Bertz CT molecular complexity index is 1530. The Morgan fingerprint density at radius 1 is 0.889 bits per heavy atom. The van der Waals surface area contributed by atoms with Gasteiger partial charge in [-0.2, -0.15) is 13.2 Å². The van der Waals surface area contributed by atoms with E-state index in [9.17, 15) is 18.0 Å². The number of nitrogens with zero attached hydrogens (tertiary/aromatic N) is 2. The number of nitrogens with one attached hydrogen (secondary N) is 1. The predicted molar refractivity (Wildman–Crippen MR) is 163 cm³/mol. The lowest BCUT2D eigenvalue weighted by atomic mass is 9.90. The van der Waals surface area contributed by atoms with E-state index in [0.29, 0.717) is 52.9 Å². The minimum absolute atomic E-state index is 0.282. The largest absolute Gasteiger partial charge is 0.486 e. The van der Waals surface area contributed by atoms with Crippen LogP contribution in [0.15, 0.2) is 60.7 Å². The van der Waals surface area contributed by atoms with Gasteiger partial charge < -0.3 is 19.5 Å². The summed E-state index contributed by atoms with van der Waals surface area (Å²) >= 11 is 0. The van der Waals surface area contributed by atoms with Crippen LogP contribution in [-0.2, 0) is 23.0 Å². The second-order valence-electron chi connectivity index (χ2n) is 12.4. The third kappa shape index (κ3) is 6.28. The molecule has 2 saturated heterocycles. The first-order chi connectivity index (χ1) is 21.8. The molecule has 1 N–H and O–H groups in total. The van der Waals surface area contributed by atoms with Crippen LogP contribution in [0.25, 0.3) is 11.1 Å². The van der Waals surface area contributed by atoms with Crippen molar-refractivity contribution in [3.05, 3.63) is 82.9 Å². The maximum absolute atomic E-state index is 14.4. The molecule has 45 heavy (non-hydrogen) atoms. The molecule has 4 aliphatic rings. The maximum Gasteiger partial charge on any atom is 0.416 e. The predicted octanol–water partition coefficient (Wildman–Crippen LogP) is 5.86. The molecule has 3 aromatic rings. The van der Waals surface area contributed by atoms with Crippen LogP contribution in [0, 0.1) is 0 Å². The number of likely N-dealkylation sites (tertiary alicyclic amines) is 1. The maximum atomic E-state index is 14.4. The number of amides is 1. The molecule has 0 bridgehead atoms. The van der Waals surface area contributed by atoms with Crippen molar-refractivity contribution in [2.45, 2.75) is 50.0 Å². The summed E-state index contributed by atoms with van der Waals surface area (Å²) < 4.78 is 59.2. The van der Waals surface area contributed by atoms with E-state index in [1.165, 1.54) is 6.07 Å². The Morgan fingerprint density at radius 3 is 2.33 bits per heavy atom. The SMILES string of the molecule is O=C(NC1(c2ccccc2)CC1)c1c(CN2CCC(N3CCOCC3)CC2)c(-c2cccc(C(F)(F)F)c2)cc2c1OCCO2. The molecule has 0 aromatic heterocycles. The van der Waals surface area contributed by atoms with E-state index in [1.807, 2.05) is 30.3 Å². The van der Waals surface area contributed by atoms with Gasteiger partial charge in [0.25, 0.3) is 5.91 Å². The Morgan fingerprint density at radius 2 is 1.62 bits per heavy atom. The van der Waals surface area contributed by atoms with Crippen molar-refractivity contribution in [2.24, 2.45) is 0 Å². The van der Waals surface area contributed by atoms with Crippen LogP contribution in [0.1, 0.15) is 52.7 Å². The Kier molecular flexibility index (Phi) is 8.22. The lowest BCUT2D eigenvalue weighted by molar-refractivity contribution is -0.137. The zero-order valence-corrected chi connectivity index (χ0v) is 25.2. The van der Waals surface area contributed by atoms with Crippen LogP contribution in [0.2, 0.25) is 0 Å². The van der Waals surface area contributed by atoms with Crippen LogP contribution < -0.4 is 14.8 Å². The number of halogens is 3. The van der Waals surface area contributed by atoms with E-state index in [0.717, 1.165) is 82.8 Å². The van der Waals surface area contributed by atoms with Crippen molar-refractivity contribution < 1.29 is 32.2 Å². The highest BCUT2D eigenvalue weighted by Crippen LogP contribution is 2.48. The van der Waals surface area contributed by atoms with Gasteiger partial charge in [0.1, 0.15) is 13.2 Å². The molecule has 10 heteroatoms. The molecule has 0 atom stereocenters. The summed E-state index contributed by atoms with van der Waals surface area (Å²) in [6.07, 6.45) is -0.941. The van der Waals surface area contributed by atoms with Gasteiger partial charge in [-0.15, -0.1) is 0 Å². The fourth-order valence-electron chi connectivity index (χ4n) is 7.01. The molecule has 3 heterocycles. The van der Waals surface area contributed by atoms with E-state index < -0.39 is 17.3 Å². The first kappa shape index (κ1) is 30.1. The van der Waals surface area contributed by atoms with Gasteiger partial charge in [0, 0.05) is 25.7 Å². The summed E-state index contributed by atoms with van der Waals surface area (Å²) in [5, 5.41) is 3.30. The molecule has 3 fully saturated rings. The molecule has 1 saturated carbocycles. The van der Waals surface area contributed by atoms with Gasteiger partial charge in [-0.05, 0) is 79.2 Å². The van der Waals surface area contributed by atoms with E-state index >= 15 is 0 Å². The summed E-state index contributed by atoms with van der Waals surface area (Å²) in [7, 11) is 0. The molecule has 0 spiro atoms. The van der Waals surface area contributed by atoms with Crippen LogP contribution >= 0.6 is 0 Å². The Balaban J connectivity index is 1.28. The zero-order chi connectivity index (χ0) is 31.0. The van der Waals surface area contributed by atoms with Gasteiger partial charge in [0.05, 0.1) is 29.9 Å². The monoisotopic (exact) mass is 621 g/mol. The van der Waals surface area contributed by atoms with E-state index in [-0.39, 0.29) is 12.5 Å². The lowest BCUT2D eigenvalue weighted by Crippen LogP contribution is -2.48. The highest BCUT2D eigenvalue weighted by molar-refractivity contribution is 6.02. The minimum Gasteiger partial charge on any atom is -0.486 e. The molecule has 1 amide bonds. The molecule has 3 aliphatic heterocycles. The molecule has 7 rings (SSSR count). The number of piperidine rings is 1. The summed E-state index contributed by atoms with van der Waals surface area (Å²) in [5.41, 5.74) is 1.75. The number of benzene rings is 3. The number of morpholine rings is 1. The first-order valence-electron chi connectivity index (χ1n) is 15.9. The first-order valence-corrected chi connectivity index (χ1v) is 15.9. The van der Waals surface area contributed by atoms with E-state index in [2.05, 4.69) is 15.1 Å². The Labute approximate surface area is 261 Å². The second kappa shape index (κ2) is 12.3. The number of hydrogen-bond donors (Lipinski definition) is 1. The Hall–Kier alpha value is -3.60. The molecule has 3 aromatic carbocycles. The van der Waals surface area contributed by atoms with Gasteiger partial charge in [-0.25, -0.2) is 0 Å². The zero-order valence-electron chi connectivity index (χ0n) is 25.2. The van der Waals surface area contributed by atoms with Crippen molar-refractivity contribution in [3.8, 4) is 22.6 Å². The van der Waals surface area contributed by atoms with Gasteiger partial charge in [-0.3, -0.25) is 14.6 Å². The summed E-state index contributed by atoms with van der Waals surface area (Å²) in [6.45, 7) is 5.96. The molecular weight excluding hydrogens is 583 g/mol. The van der Waals surface area contributed by atoms with Gasteiger partial charge in [0.2, 0.25) is 0 Å². The summed E-state index contributed by atoms with van der Waals surface area (Å²) in [6, 6.07) is 17.4. The average Bonchev–Trinajstić information content (AvgIpc) is 3.85. The number of carbonyl (C=O) groups is 1. The lowest BCUT2D eigenvalue weighted by Gasteiger charge is -2.40. The fraction of sp³-hybridized carbons (Fsp3) is 0.457. The van der Waals surface area contributed by atoms with Crippen molar-refractivity contribution >= 4 is 5.91 Å². The number of fused-ring (bicyclic) bond motifs is 1. The second-order valence-corrected chi connectivity index (χ2v) is 12.4. The normalized spacial score (nSPS) is 20.5. The average molecular weight is 622 g/mol. The van der Waals surface area contributed by atoms with Crippen LogP contribution in [0.4, 0.5) is 13.2 Å². The molecule has 0 radical (unpaired) electrons. The van der Waals surface area contributed by atoms with Gasteiger partial charge in [-0.1, -0.05) is 42.5 Å². The number of hydrogen-bond acceptors (Lipinski definition) is 6. The van der Waals surface area contributed by atoms with Crippen LogP contribution in [0.5, 0.6) is 11.5 Å². The molecular formula is C35H38F3N3O4. The van der Waals surface area contributed by atoms with Crippen LogP contribution in [-0.4, -0.2) is 74.4 Å². The molecule has 1 aliphatic carbocycles. The summed E-state index contributed by atoms with van der Waals surface area (Å²) in [4.78, 5) is 19.2. The third-order valence-electron chi connectivity index (χ3n) is 9.60. The number of carbonyl (C=O) groups excluding carboxylic acids is 1. The highest BCUT2D eigenvalue weighted by atomic mass is 19.4. The minimum atomic E-state index is -4.50. The molecule has 238 valence electrons. The number of alkyl halides is 3. The van der Waals surface area contributed by atoms with Crippen molar-refractivity contribution in [1.29, 1.82) is 0 Å². The quantitative estimate of drug-likeness (QED) is 0.357. The highest BCUT2D eigenvalue weighted by Gasteiger charge is 2.46. The standard InChI is InChI=1S/C35H38F3N3O4/c36-35(37,38)26-8-4-5-24(21-26)28-22-30-32(45-20-19-44-30)31(33(42)39-34(11-12-34)25-6-2-1-3-7-25)29(28)23-40-13-9-27(10-14-40)41-15-17-43-18-16-41/h1-8,21-22,27H,9-20,23H2,(H,39,42).